The van der Waals surface area contributed by atoms with Gasteiger partial charge in [0.25, 0.3) is 5.91 Å². The van der Waals surface area contributed by atoms with Gasteiger partial charge in [-0.15, -0.1) is 0 Å². The van der Waals surface area contributed by atoms with Crippen LogP contribution >= 0.6 is 0 Å². The minimum absolute atomic E-state index is 0.180. The number of nitrogens with zero attached hydrogens (tertiary/aromatic N) is 3. The molecule has 0 fully saturated rings. The Labute approximate surface area is 200 Å². The van der Waals surface area contributed by atoms with Crippen LogP contribution in [0.2, 0.25) is 0 Å². The van der Waals surface area contributed by atoms with Crippen molar-refractivity contribution in [2.24, 2.45) is 0 Å². The van der Waals surface area contributed by atoms with Crippen LogP contribution in [0.15, 0.2) is 48.5 Å². The van der Waals surface area contributed by atoms with Crippen molar-refractivity contribution in [2.75, 3.05) is 24.5 Å². The van der Waals surface area contributed by atoms with E-state index >= 15 is 0 Å². The molecule has 1 unspecified atom stereocenters. The average molecular weight is 458 g/mol. The Bertz CT molecular complexity index is 1240. The van der Waals surface area contributed by atoms with E-state index in [-0.39, 0.29) is 5.91 Å². The van der Waals surface area contributed by atoms with Crippen LogP contribution in [0.3, 0.4) is 0 Å². The second kappa shape index (κ2) is 9.55. The van der Waals surface area contributed by atoms with Gasteiger partial charge in [-0.05, 0) is 50.4 Å². The zero-order valence-electron chi connectivity index (χ0n) is 19.9. The average Bonchev–Trinajstić information content (AvgIpc) is 2.86. The van der Waals surface area contributed by atoms with E-state index in [4.69, 9.17) is 9.72 Å². The minimum atomic E-state index is -0.878. The maximum atomic E-state index is 13.6. The van der Waals surface area contributed by atoms with Gasteiger partial charge in [-0.3, -0.25) is 14.7 Å². The molecule has 0 N–H and O–H groups in total. The second-order valence-electron chi connectivity index (χ2n) is 9.23. The lowest BCUT2D eigenvalue weighted by molar-refractivity contribution is -0.126. The van der Waals surface area contributed by atoms with E-state index in [1.165, 1.54) is 0 Å². The summed E-state index contributed by atoms with van der Waals surface area (Å²) in [5.74, 6) is -0.625. The Morgan fingerprint density at radius 1 is 1.06 bits per heavy atom. The number of aromatic nitrogens is 1. The molecule has 0 saturated heterocycles. The first kappa shape index (κ1) is 22.5. The number of pyridine rings is 1. The molecule has 1 atom stereocenters. The topological polar surface area (TPSA) is 62.7 Å². The van der Waals surface area contributed by atoms with Gasteiger partial charge in [0.05, 0.1) is 11.1 Å². The number of amides is 1. The van der Waals surface area contributed by atoms with Gasteiger partial charge in [0, 0.05) is 48.4 Å². The van der Waals surface area contributed by atoms with E-state index < -0.39 is 12.1 Å². The van der Waals surface area contributed by atoms with Crippen LogP contribution in [0.5, 0.6) is 0 Å². The molecule has 6 heteroatoms. The van der Waals surface area contributed by atoms with Gasteiger partial charge >= 0.3 is 5.97 Å². The van der Waals surface area contributed by atoms with E-state index in [0.29, 0.717) is 18.7 Å². The molecule has 0 bridgehead atoms. The van der Waals surface area contributed by atoms with E-state index in [2.05, 4.69) is 17.9 Å². The molecule has 2 aromatic carbocycles. The highest BCUT2D eigenvalue weighted by atomic mass is 16.5. The molecule has 34 heavy (non-hydrogen) atoms. The highest BCUT2D eigenvalue weighted by molar-refractivity contribution is 6.06. The Kier molecular flexibility index (Phi) is 6.33. The fourth-order valence-electron chi connectivity index (χ4n) is 5.24. The van der Waals surface area contributed by atoms with Gasteiger partial charge in [-0.2, -0.15) is 0 Å². The first-order chi connectivity index (χ1) is 16.6. The van der Waals surface area contributed by atoms with Gasteiger partial charge in [0.15, 0.2) is 6.10 Å². The van der Waals surface area contributed by atoms with Crippen molar-refractivity contribution in [1.29, 1.82) is 0 Å². The maximum absolute atomic E-state index is 13.6. The number of carbonyl (C=O) groups excluding carboxylic acids is 2. The quantitative estimate of drug-likeness (QED) is 0.527. The second-order valence-corrected chi connectivity index (χ2v) is 9.23. The third-order valence-corrected chi connectivity index (χ3v) is 6.88. The van der Waals surface area contributed by atoms with Gasteiger partial charge in [0.2, 0.25) is 0 Å². The van der Waals surface area contributed by atoms with Crippen LogP contribution in [0.1, 0.15) is 53.9 Å². The van der Waals surface area contributed by atoms with Crippen molar-refractivity contribution in [3.05, 3.63) is 70.9 Å². The molecular weight excluding hydrogens is 426 g/mol. The Balaban J connectivity index is 1.45. The largest absolute Gasteiger partial charge is 0.449 e. The summed E-state index contributed by atoms with van der Waals surface area (Å²) < 4.78 is 5.86. The third-order valence-electron chi connectivity index (χ3n) is 6.88. The Morgan fingerprint density at radius 2 is 1.85 bits per heavy atom. The fraction of sp³-hybridized carbons (Fsp3) is 0.393. The van der Waals surface area contributed by atoms with E-state index in [1.807, 2.05) is 42.5 Å². The molecule has 2 aliphatic rings. The highest BCUT2D eigenvalue weighted by Crippen LogP contribution is 2.30. The predicted octanol–water partition coefficient (Wildman–Crippen LogP) is 4.53. The van der Waals surface area contributed by atoms with Gasteiger partial charge in [-0.1, -0.05) is 43.3 Å². The lowest BCUT2D eigenvalue weighted by Crippen LogP contribution is -2.43. The van der Waals surface area contributed by atoms with Crippen molar-refractivity contribution in [2.45, 2.75) is 52.2 Å². The predicted molar refractivity (Wildman–Crippen MR) is 133 cm³/mol. The molecule has 0 saturated carbocycles. The number of anilines is 1. The van der Waals surface area contributed by atoms with Crippen molar-refractivity contribution < 1.29 is 14.3 Å². The first-order valence-electron chi connectivity index (χ1n) is 12.3. The van der Waals surface area contributed by atoms with Gasteiger partial charge in [0.1, 0.15) is 0 Å². The van der Waals surface area contributed by atoms with E-state index in [1.54, 1.807) is 11.8 Å². The number of benzene rings is 2. The summed E-state index contributed by atoms with van der Waals surface area (Å²) in [6, 6.07) is 15.7. The number of hydrogen-bond acceptors (Lipinski definition) is 5. The zero-order chi connectivity index (χ0) is 23.7. The number of para-hydroxylation sites is 2. The number of fused-ring (bicyclic) bond motifs is 3. The van der Waals surface area contributed by atoms with Crippen LogP contribution in [0, 0.1) is 0 Å². The molecule has 1 amide bonds. The molecule has 1 aromatic heterocycles. The number of aryl methyl sites for hydroxylation is 1. The summed E-state index contributed by atoms with van der Waals surface area (Å²) in [4.78, 5) is 35.9. The SMILES string of the molecule is CCCN1CCc2nc3ccccc3c(C(=O)OC(C)C(=O)N3CCCc4ccccc43)c2C1. The van der Waals surface area contributed by atoms with Crippen molar-refractivity contribution in [3.8, 4) is 0 Å². The Hall–Kier alpha value is -3.25. The molecule has 176 valence electrons. The summed E-state index contributed by atoms with van der Waals surface area (Å²) in [5.41, 5.74) is 5.32. The van der Waals surface area contributed by atoms with Crippen LogP contribution in [-0.2, 0) is 28.9 Å². The van der Waals surface area contributed by atoms with Crippen molar-refractivity contribution >= 4 is 28.5 Å². The number of hydrogen-bond donors (Lipinski definition) is 0. The lowest BCUT2D eigenvalue weighted by Gasteiger charge is -2.32. The van der Waals surface area contributed by atoms with Crippen molar-refractivity contribution in [3.63, 3.8) is 0 Å². The lowest BCUT2D eigenvalue weighted by atomic mass is 9.95. The van der Waals surface area contributed by atoms with Crippen LogP contribution < -0.4 is 4.90 Å². The number of carbonyl (C=O) groups is 2. The maximum Gasteiger partial charge on any atom is 0.339 e. The standard InChI is InChI=1S/C28H31N3O3/c1-3-15-30-17-14-24-22(18-30)26(21-11-5-6-12-23(21)29-24)28(33)34-19(2)27(32)31-16-8-10-20-9-4-7-13-25(20)31/h4-7,9,11-13,19H,3,8,10,14-18H2,1-2H3. The van der Waals surface area contributed by atoms with Gasteiger partial charge in [-0.25, -0.2) is 4.79 Å². The molecule has 3 aromatic rings. The third kappa shape index (κ3) is 4.18. The molecule has 5 rings (SSSR count). The van der Waals surface area contributed by atoms with Gasteiger partial charge < -0.3 is 9.64 Å². The summed E-state index contributed by atoms with van der Waals surface area (Å²) in [7, 11) is 0. The minimum Gasteiger partial charge on any atom is -0.449 e. The summed E-state index contributed by atoms with van der Waals surface area (Å²) >= 11 is 0. The summed E-state index contributed by atoms with van der Waals surface area (Å²) in [6.45, 7) is 7.06. The highest BCUT2D eigenvalue weighted by Gasteiger charge is 2.31. The molecule has 3 heterocycles. The molecule has 0 radical (unpaired) electrons. The van der Waals surface area contributed by atoms with E-state index in [9.17, 15) is 9.59 Å². The summed E-state index contributed by atoms with van der Waals surface area (Å²) in [6.07, 6.45) is 2.84. The number of ether oxygens (including phenoxy) is 1. The van der Waals surface area contributed by atoms with Crippen LogP contribution in [-0.4, -0.2) is 47.5 Å². The molecular formula is C28H31N3O3. The number of esters is 1. The normalized spacial score (nSPS) is 16.6. The van der Waals surface area contributed by atoms with Crippen LogP contribution in [0.25, 0.3) is 10.9 Å². The van der Waals surface area contributed by atoms with Crippen molar-refractivity contribution in [1.82, 2.24) is 9.88 Å². The monoisotopic (exact) mass is 457 g/mol. The van der Waals surface area contributed by atoms with Crippen LogP contribution in [0.4, 0.5) is 5.69 Å². The number of rotatable bonds is 5. The smallest absolute Gasteiger partial charge is 0.339 e. The van der Waals surface area contributed by atoms with E-state index in [0.717, 1.165) is 72.2 Å². The molecule has 0 aliphatic carbocycles. The molecule has 6 nitrogen and oxygen atoms in total. The molecule has 0 spiro atoms. The molecule has 2 aliphatic heterocycles. The Morgan fingerprint density at radius 3 is 2.71 bits per heavy atom. The first-order valence-corrected chi connectivity index (χ1v) is 12.3. The summed E-state index contributed by atoms with van der Waals surface area (Å²) in [5, 5.41) is 0.785. The fourth-order valence-corrected chi connectivity index (χ4v) is 5.24. The zero-order valence-corrected chi connectivity index (χ0v) is 19.9.